The third-order valence-corrected chi connectivity index (χ3v) is 2.89. The molecule has 2 aliphatic heterocycles. The molecule has 3 nitrogen and oxygen atoms in total. The van der Waals surface area contributed by atoms with E-state index in [-0.39, 0.29) is 6.10 Å². The van der Waals surface area contributed by atoms with Crippen molar-refractivity contribution in [3.05, 3.63) is 0 Å². The van der Waals surface area contributed by atoms with Gasteiger partial charge in [-0.3, -0.25) is 4.90 Å². The van der Waals surface area contributed by atoms with Gasteiger partial charge in [0.15, 0.2) is 0 Å². The lowest BCUT2D eigenvalue weighted by atomic mass is 10.2. The van der Waals surface area contributed by atoms with Crippen molar-refractivity contribution in [2.24, 2.45) is 0 Å². The van der Waals surface area contributed by atoms with E-state index >= 15 is 0 Å². The van der Waals surface area contributed by atoms with Gasteiger partial charge in [-0.1, -0.05) is 0 Å². The van der Waals surface area contributed by atoms with Crippen molar-refractivity contribution < 1.29 is 5.11 Å². The largest absolute Gasteiger partial charge is 0.392 e. The second-order valence-electron chi connectivity index (χ2n) is 4.00. The predicted molar refractivity (Wildman–Crippen MR) is 48.1 cm³/mol. The number of hydrogen-bond acceptors (Lipinski definition) is 3. The summed E-state index contributed by atoms with van der Waals surface area (Å²) in [6.07, 6.45) is 3.53. The minimum Gasteiger partial charge on any atom is -0.392 e. The van der Waals surface area contributed by atoms with Crippen molar-refractivity contribution in [3.63, 3.8) is 0 Å². The Morgan fingerprint density at radius 1 is 1.42 bits per heavy atom. The summed E-state index contributed by atoms with van der Waals surface area (Å²) in [4.78, 5) is 2.37. The topological polar surface area (TPSA) is 35.5 Å². The van der Waals surface area contributed by atoms with Gasteiger partial charge in [0, 0.05) is 25.7 Å². The van der Waals surface area contributed by atoms with Crippen LogP contribution in [0.4, 0.5) is 0 Å². The molecule has 2 fully saturated rings. The Labute approximate surface area is 73.8 Å². The number of hydrogen-bond donors (Lipinski definition) is 2. The monoisotopic (exact) mass is 170 g/mol. The van der Waals surface area contributed by atoms with Gasteiger partial charge in [-0.25, -0.2) is 0 Å². The quantitative estimate of drug-likeness (QED) is 0.603. The molecular weight excluding hydrogens is 152 g/mol. The molecule has 2 rings (SSSR count). The number of aliphatic hydroxyl groups excluding tert-OH is 1. The minimum absolute atomic E-state index is 0.0635. The highest BCUT2D eigenvalue weighted by atomic mass is 16.3. The van der Waals surface area contributed by atoms with Gasteiger partial charge in [-0.05, 0) is 25.8 Å². The number of rotatable bonds is 2. The average Bonchev–Trinajstić information content (AvgIpc) is 2.63. The highest BCUT2D eigenvalue weighted by Gasteiger charge is 2.23. The van der Waals surface area contributed by atoms with Gasteiger partial charge < -0.3 is 10.4 Å². The molecule has 3 heteroatoms. The Hall–Kier alpha value is -0.120. The maximum absolute atomic E-state index is 9.31. The maximum atomic E-state index is 9.31. The van der Waals surface area contributed by atoms with Crippen LogP contribution in [0.5, 0.6) is 0 Å². The van der Waals surface area contributed by atoms with Crippen LogP contribution in [0.25, 0.3) is 0 Å². The molecular formula is C9H18N2O. The lowest BCUT2D eigenvalue weighted by molar-refractivity contribution is 0.173. The van der Waals surface area contributed by atoms with E-state index in [9.17, 15) is 5.11 Å². The van der Waals surface area contributed by atoms with E-state index in [1.807, 2.05) is 0 Å². The summed E-state index contributed by atoms with van der Waals surface area (Å²) in [7, 11) is 0. The fraction of sp³-hybridized carbons (Fsp3) is 1.00. The van der Waals surface area contributed by atoms with Crippen molar-refractivity contribution >= 4 is 0 Å². The molecule has 0 saturated carbocycles. The molecule has 2 atom stereocenters. The molecule has 2 aliphatic rings. The highest BCUT2D eigenvalue weighted by Crippen LogP contribution is 2.12. The normalized spacial score (nSPS) is 37.8. The fourth-order valence-corrected chi connectivity index (χ4v) is 2.20. The molecule has 0 aliphatic carbocycles. The van der Waals surface area contributed by atoms with Crippen LogP contribution in [0.3, 0.4) is 0 Å². The van der Waals surface area contributed by atoms with Crippen LogP contribution in [-0.4, -0.2) is 48.3 Å². The number of aliphatic hydroxyl groups is 1. The minimum atomic E-state index is -0.0635. The number of nitrogens with zero attached hydrogens (tertiary/aromatic N) is 1. The first-order chi connectivity index (χ1) is 5.84. The summed E-state index contributed by atoms with van der Waals surface area (Å²) in [5.41, 5.74) is 0. The molecule has 0 radical (unpaired) electrons. The van der Waals surface area contributed by atoms with Gasteiger partial charge >= 0.3 is 0 Å². The lowest BCUT2D eigenvalue weighted by Crippen LogP contribution is -2.36. The van der Waals surface area contributed by atoms with Crippen LogP contribution in [0.15, 0.2) is 0 Å². The Balaban J connectivity index is 1.72. The van der Waals surface area contributed by atoms with Crippen LogP contribution in [0.2, 0.25) is 0 Å². The van der Waals surface area contributed by atoms with Crippen LogP contribution in [-0.2, 0) is 0 Å². The molecule has 0 amide bonds. The zero-order chi connectivity index (χ0) is 8.39. The first kappa shape index (κ1) is 8.48. The summed E-state index contributed by atoms with van der Waals surface area (Å²) in [5, 5.41) is 12.8. The first-order valence-electron chi connectivity index (χ1n) is 4.98. The van der Waals surface area contributed by atoms with Crippen LogP contribution < -0.4 is 5.32 Å². The molecule has 0 bridgehead atoms. The molecule has 2 heterocycles. The zero-order valence-electron chi connectivity index (χ0n) is 7.50. The number of β-amino-alcohol motifs (C(OH)–C–C–N with tert-alkyl or cyclic N) is 1. The first-order valence-corrected chi connectivity index (χ1v) is 4.98. The molecule has 2 N–H and O–H groups in total. The van der Waals surface area contributed by atoms with E-state index in [1.165, 1.54) is 19.4 Å². The van der Waals surface area contributed by atoms with Gasteiger partial charge in [0.2, 0.25) is 0 Å². The van der Waals surface area contributed by atoms with Gasteiger partial charge in [-0.2, -0.15) is 0 Å². The smallest absolute Gasteiger partial charge is 0.0679 e. The predicted octanol–water partition coefficient (Wildman–Crippen LogP) is -0.195. The zero-order valence-corrected chi connectivity index (χ0v) is 7.50. The van der Waals surface area contributed by atoms with E-state index in [0.29, 0.717) is 6.04 Å². The van der Waals surface area contributed by atoms with Crippen LogP contribution in [0, 0.1) is 0 Å². The van der Waals surface area contributed by atoms with Crippen LogP contribution in [0.1, 0.15) is 19.3 Å². The van der Waals surface area contributed by atoms with Crippen molar-refractivity contribution in [2.75, 3.05) is 26.2 Å². The molecule has 0 unspecified atom stereocenters. The number of likely N-dealkylation sites (tertiary alicyclic amines) is 1. The lowest BCUT2D eigenvalue weighted by Gasteiger charge is -2.19. The SMILES string of the molecule is O[C@H]1CCN(C[C@H]2CCCN2)C1. The summed E-state index contributed by atoms with van der Waals surface area (Å²) in [5.74, 6) is 0. The van der Waals surface area contributed by atoms with E-state index in [2.05, 4.69) is 10.2 Å². The second kappa shape index (κ2) is 3.73. The maximum Gasteiger partial charge on any atom is 0.0679 e. The molecule has 2 saturated heterocycles. The molecule has 0 aromatic rings. The third-order valence-electron chi connectivity index (χ3n) is 2.89. The summed E-state index contributed by atoms with van der Waals surface area (Å²) in [6.45, 7) is 4.29. The van der Waals surface area contributed by atoms with Crippen LogP contribution >= 0.6 is 0 Å². The fourth-order valence-electron chi connectivity index (χ4n) is 2.20. The van der Waals surface area contributed by atoms with Crippen molar-refractivity contribution in [3.8, 4) is 0 Å². The molecule has 12 heavy (non-hydrogen) atoms. The third kappa shape index (κ3) is 1.97. The summed E-state index contributed by atoms with van der Waals surface area (Å²) < 4.78 is 0. The molecule has 0 spiro atoms. The number of nitrogens with one attached hydrogen (secondary N) is 1. The van der Waals surface area contributed by atoms with Crippen molar-refractivity contribution in [1.29, 1.82) is 0 Å². The van der Waals surface area contributed by atoms with E-state index < -0.39 is 0 Å². The standard InChI is InChI=1S/C9H18N2O/c12-9-3-5-11(7-9)6-8-2-1-4-10-8/h8-10,12H,1-7H2/t8-,9+/m1/s1. The van der Waals surface area contributed by atoms with Gasteiger partial charge in [0.25, 0.3) is 0 Å². The van der Waals surface area contributed by atoms with Crippen molar-refractivity contribution in [1.82, 2.24) is 10.2 Å². The average molecular weight is 170 g/mol. The van der Waals surface area contributed by atoms with E-state index in [0.717, 1.165) is 26.1 Å². The van der Waals surface area contributed by atoms with Gasteiger partial charge in [-0.15, -0.1) is 0 Å². The summed E-state index contributed by atoms with van der Waals surface area (Å²) >= 11 is 0. The molecule has 0 aromatic heterocycles. The Morgan fingerprint density at radius 3 is 2.92 bits per heavy atom. The Morgan fingerprint density at radius 2 is 2.33 bits per heavy atom. The van der Waals surface area contributed by atoms with Gasteiger partial charge in [0.05, 0.1) is 6.10 Å². The van der Waals surface area contributed by atoms with Crippen molar-refractivity contribution in [2.45, 2.75) is 31.4 Å². The Kier molecular flexibility index (Phi) is 2.63. The Bertz CT molecular complexity index is 145. The van der Waals surface area contributed by atoms with E-state index in [4.69, 9.17) is 0 Å². The van der Waals surface area contributed by atoms with Gasteiger partial charge in [0.1, 0.15) is 0 Å². The summed E-state index contributed by atoms with van der Waals surface area (Å²) in [6, 6.07) is 0.690. The molecule has 70 valence electrons. The molecule has 0 aromatic carbocycles. The van der Waals surface area contributed by atoms with E-state index in [1.54, 1.807) is 0 Å². The highest BCUT2D eigenvalue weighted by molar-refractivity contribution is 4.82. The second-order valence-corrected chi connectivity index (χ2v) is 4.00.